The molecule has 0 spiro atoms. The molecule has 0 atom stereocenters. The Bertz CT molecular complexity index is 1300. The van der Waals surface area contributed by atoms with Crippen molar-refractivity contribution in [2.24, 2.45) is 0 Å². The first-order valence-electron chi connectivity index (χ1n) is 12.2. The van der Waals surface area contributed by atoms with Gasteiger partial charge >= 0.3 is 5.69 Å². The van der Waals surface area contributed by atoms with E-state index in [2.05, 4.69) is 10.3 Å². The van der Waals surface area contributed by atoms with E-state index in [1.165, 1.54) is 6.42 Å². The number of imidazole rings is 2. The second-order valence-electron chi connectivity index (χ2n) is 9.13. The maximum Gasteiger partial charge on any atom is 0.329 e. The SMILES string of the molecule is O=C(NCCCn1ccnc1)c1ccc2c(c1)n(Cc1ccccc1)c(=O)n2C1CCCCC1. The standard InChI is InChI=1S/C27H31N5O2/c33-26(29-14-7-16-30-17-15-28-20-30)22-12-13-24-25(18-22)31(19-21-8-3-1-4-9-21)27(34)32(24)23-10-5-2-6-11-23/h1,3-4,8-9,12-13,15,17-18,20,23H,2,5-7,10-11,14,16,19H2,(H,29,33). The molecule has 1 aliphatic rings. The number of amides is 1. The molecule has 1 fully saturated rings. The molecule has 2 aromatic carbocycles. The van der Waals surface area contributed by atoms with E-state index in [4.69, 9.17) is 0 Å². The lowest BCUT2D eigenvalue weighted by atomic mass is 9.95. The maximum atomic E-state index is 13.6. The van der Waals surface area contributed by atoms with Crippen LogP contribution in [-0.2, 0) is 13.1 Å². The van der Waals surface area contributed by atoms with Crippen LogP contribution in [0.3, 0.4) is 0 Å². The predicted octanol–water partition coefficient (Wildman–Crippen LogP) is 4.37. The van der Waals surface area contributed by atoms with E-state index in [0.29, 0.717) is 18.7 Å². The Labute approximate surface area is 199 Å². The van der Waals surface area contributed by atoms with Crippen LogP contribution in [0.4, 0.5) is 0 Å². The number of nitrogens with zero attached hydrogens (tertiary/aromatic N) is 4. The normalized spacial score (nSPS) is 14.5. The minimum absolute atomic E-state index is 0.0173. The van der Waals surface area contributed by atoms with E-state index in [-0.39, 0.29) is 17.6 Å². The number of nitrogens with one attached hydrogen (secondary N) is 1. The Hall–Kier alpha value is -3.61. The summed E-state index contributed by atoms with van der Waals surface area (Å²) in [7, 11) is 0. The van der Waals surface area contributed by atoms with Gasteiger partial charge in [0.2, 0.25) is 0 Å². The molecule has 1 aliphatic carbocycles. The van der Waals surface area contributed by atoms with Crippen molar-refractivity contribution < 1.29 is 4.79 Å². The molecule has 34 heavy (non-hydrogen) atoms. The number of fused-ring (bicyclic) bond motifs is 1. The van der Waals surface area contributed by atoms with Gasteiger partial charge < -0.3 is 9.88 Å². The van der Waals surface area contributed by atoms with Crippen LogP contribution in [0.25, 0.3) is 11.0 Å². The minimum Gasteiger partial charge on any atom is -0.352 e. The van der Waals surface area contributed by atoms with Crippen LogP contribution in [0.5, 0.6) is 0 Å². The van der Waals surface area contributed by atoms with Crippen molar-refractivity contribution in [1.29, 1.82) is 0 Å². The van der Waals surface area contributed by atoms with Gasteiger partial charge in [0.15, 0.2) is 0 Å². The number of aromatic nitrogens is 4. The van der Waals surface area contributed by atoms with Crippen LogP contribution < -0.4 is 11.0 Å². The fourth-order valence-corrected chi connectivity index (χ4v) is 5.02. The summed E-state index contributed by atoms with van der Waals surface area (Å²) >= 11 is 0. The summed E-state index contributed by atoms with van der Waals surface area (Å²) in [4.78, 5) is 30.5. The van der Waals surface area contributed by atoms with Gasteiger partial charge in [-0.1, -0.05) is 49.6 Å². The molecule has 7 heteroatoms. The van der Waals surface area contributed by atoms with Gasteiger partial charge in [-0.05, 0) is 43.0 Å². The fraction of sp³-hybridized carbons (Fsp3) is 0.370. The molecule has 0 saturated heterocycles. The van der Waals surface area contributed by atoms with Crippen molar-refractivity contribution in [2.45, 2.75) is 57.7 Å². The molecule has 176 valence electrons. The molecular weight excluding hydrogens is 426 g/mol. The Morgan fingerprint density at radius 3 is 2.62 bits per heavy atom. The maximum absolute atomic E-state index is 13.6. The molecule has 1 N–H and O–H groups in total. The highest BCUT2D eigenvalue weighted by Gasteiger charge is 2.23. The number of aryl methyl sites for hydroxylation is 1. The fourth-order valence-electron chi connectivity index (χ4n) is 5.02. The van der Waals surface area contributed by atoms with Gasteiger partial charge in [0, 0.05) is 37.1 Å². The summed E-state index contributed by atoms with van der Waals surface area (Å²) in [6, 6.07) is 15.9. The molecule has 0 aliphatic heterocycles. The Kier molecular flexibility index (Phi) is 6.60. The molecule has 4 aromatic rings. The molecule has 7 nitrogen and oxygen atoms in total. The smallest absolute Gasteiger partial charge is 0.329 e. The van der Waals surface area contributed by atoms with E-state index < -0.39 is 0 Å². The second-order valence-corrected chi connectivity index (χ2v) is 9.13. The van der Waals surface area contributed by atoms with Gasteiger partial charge in [0.05, 0.1) is 23.9 Å². The number of carbonyl (C=O) groups is 1. The van der Waals surface area contributed by atoms with Gasteiger partial charge in [0.1, 0.15) is 0 Å². The van der Waals surface area contributed by atoms with E-state index in [1.807, 2.05) is 68.4 Å². The minimum atomic E-state index is -0.114. The first-order valence-corrected chi connectivity index (χ1v) is 12.2. The lowest BCUT2D eigenvalue weighted by molar-refractivity contribution is 0.0953. The number of hydrogen-bond acceptors (Lipinski definition) is 3. The highest BCUT2D eigenvalue weighted by molar-refractivity contribution is 5.97. The first kappa shape index (κ1) is 22.2. The third-order valence-electron chi connectivity index (χ3n) is 6.79. The monoisotopic (exact) mass is 457 g/mol. The quantitative estimate of drug-likeness (QED) is 0.399. The first-order chi connectivity index (χ1) is 16.7. The molecule has 2 heterocycles. The molecular formula is C27H31N5O2. The summed E-state index contributed by atoms with van der Waals surface area (Å²) < 4.78 is 5.80. The van der Waals surface area contributed by atoms with E-state index >= 15 is 0 Å². The van der Waals surface area contributed by atoms with Crippen molar-refractivity contribution in [3.8, 4) is 0 Å². The Morgan fingerprint density at radius 2 is 1.85 bits per heavy atom. The number of hydrogen-bond donors (Lipinski definition) is 1. The van der Waals surface area contributed by atoms with Crippen LogP contribution >= 0.6 is 0 Å². The molecule has 0 unspecified atom stereocenters. The lowest BCUT2D eigenvalue weighted by Crippen LogP contribution is -2.28. The zero-order chi connectivity index (χ0) is 23.3. The largest absolute Gasteiger partial charge is 0.352 e. The van der Waals surface area contributed by atoms with Crippen LogP contribution in [0.15, 0.2) is 72.0 Å². The third kappa shape index (κ3) is 4.69. The highest BCUT2D eigenvalue weighted by atomic mass is 16.2. The summed E-state index contributed by atoms with van der Waals surface area (Å²) in [5, 5.41) is 3.01. The lowest BCUT2D eigenvalue weighted by Gasteiger charge is -2.23. The van der Waals surface area contributed by atoms with E-state index in [1.54, 1.807) is 12.5 Å². The number of carbonyl (C=O) groups excluding carboxylic acids is 1. The predicted molar refractivity (Wildman–Crippen MR) is 133 cm³/mol. The second kappa shape index (κ2) is 10.1. The van der Waals surface area contributed by atoms with Crippen LogP contribution in [0.1, 0.15) is 60.5 Å². The van der Waals surface area contributed by atoms with Gasteiger partial charge in [-0.3, -0.25) is 13.9 Å². The van der Waals surface area contributed by atoms with Crippen molar-refractivity contribution in [3.05, 3.63) is 88.9 Å². The molecule has 5 rings (SSSR count). The number of benzene rings is 2. The molecule has 1 amide bonds. The van der Waals surface area contributed by atoms with E-state index in [9.17, 15) is 9.59 Å². The van der Waals surface area contributed by atoms with Gasteiger partial charge in [-0.25, -0.2) is 9.78 Å². The van der Waals surface area contributed by atoms with Crippen molar-refractivity contribution in [2.75, 3.05) is 6.54 Å². The van der Waals surface area contributed by atoms with Crippen LogP contribution in [-0.4, -0.2) is 31.1 Å². The molecule has 2 aromatic heterocycles. The topological polar surface area (TPSA) is 73.8 Å². The third-order valence-corrected chi connectivity index (χ3v) is 6.79. The highest BCUT2D eigenvalue weighted by Crippen LogP contribution is 2.30. The Balaban J connectivity index is 1.42. The van der Waals surface area contributed by atoms with E-state index in [0.717, 1.165) is 55.2 Å². The zero-order valence-electron chi connectivity index (χ0n) is 19.4. The Morgan fingerprint density at radius 1 is 1.03 bits per heavy atom. The van der Waals surface area contributed by atoms with Crippen LogP contribution in [0.2, 0.25) is 0 Å². The molecule has 1 saturated carbocycles. The average molecular weight is 458 g/mol. The van der Waals surface area contributed by atoms with Gasteiger partial charge in [0.25, 0.3) is 5.91 Å². The molecule has 0 radical (unpaired) electrons. The van der Waals surface area contributed by atoms with Crippen molar-refractivity contribution in [1.82, 2.24) is 24.0 Å². The summed E-state index contributed by atoms with van der Waals surface area (Å²) in [5.74, 6) is -0.114. The summed E-state index contributed by atoms with van der Waals surface area (Å²) in [6.45, 7) is 1.88. The van der Waals surface area contributed by atoms with Crippen molar-refractivity contribution in [3.63, 3.8) is 0 Å². The van der Waals surface area contributed by atoms with Gasteiger partial charge in [-0.15, -0.1) is 0 Å². The van der Waals surface area contributed by atoms with Crippen LogP contribution in [0, 0.1) is 0 Å². The summed E-state index contributed by atoms with van der Waals surface area (Å²) in [6.07, 6.45) is 11.9. The molecule has 0 bridgehead atoms. The van der Waals surface area contributed by atoms with Gasteiger partial charge in [-0.2, -0.15) is 0 Å². The van der Waals surface area contributed by atoms with Crippen molar-refractivity contribution >= 4 is 16.9 Å². The zero-order valence-corrected chi connectivity index (χ0v) is 19.4. The number of rotatable bonds is 8. The average Bonchev–Trinajstić information content (AvgIpc) is 3.49. The summed E-state index contributed by atoms with van der Waals surface area (Å²) in [5.41, 5.74) is 3.41.